The Balaban J connectivity index is 0.000000240. The number of hydrogen-bond donors (Lipinski definition) is 1. The zero-order valence-corrected chi connectivity index (χ0v) is 17.0. The van der Waals surface area contributed by atoms with E-state index in [-0.39, 0.29) is 18.4 Å². The molecule has 0 saturated heterocycles. The number of aliphatic hydroxyl groups excluding tert-OH is 1. The standard InChI is InChI=1S/C9H12BrNO.C9H10BrNO/c2*1-2-7(6-12)9-4-3-8(10)5-11-9/h3-5,7,12H,2,6H2,1H3;3-7H,2H2,1H3. The first kappa shape index (κ1) is 20.9. The van der Waals surface area contributed by atoms with Crippen LogP contribution in [0.4, 0.5) is 0 Å². The molecule has 2 unspecified atom stereocenters. The van der Waals surface area contributed by atoms with E-state index < -0.39 is 0 Å². The summed E-state index contributed by atoms with van der Waals surface area (Å²) >= 11 is 6.60. The Morgan fingerprint density at radius 2 is 1.54 bits per heavy atom. The number of halogens is 2. The molecule has 6 heteroatoms. The summed E-state index contributed by atoms with van der Waals surface area (Å²) in [6.07, 6.45) is 6.13. The van der Waals surface area contributed by atoms with Gasteiger partial charge < -0.3 is 9.90 Å². The van der Waals surface area contributed by atoms with Gasteiger partial charge in [0.15, 0.2) is 0 Å². The van der Waals surface area contributed by atoms with E-state index in [2.05, 4.69) is 41.8 Å². The summed E-state index contributed by atoms with van der Waals surface area (Å²) < 4.78 is 1.91. The molecule has 0 aliphatic rings. The Morgan fingerprint density at radius 1 is 1.00 bits per heavy atom. The van der Waals surface area contributed by atoms with Crippen LogP contribution in [0.1, 0.15) is 49.9 Å². The highest BCUT2D eigenvalue weighted by atomic mass is 79.9. The van der Waals surface area contributed by atoms with Crippen molar-refractivity contribution in [2.24, 2.45) is 0 Å². The second-order valence-electron chi connectivity index (χ2n) is 5.24. The van der Waals surface area contributed by atoms with Gasteiger partial charge in [0.1, 0.15) is 6.29 Å². The highest BCUT2D eigenvalue weighted by Gasteiger charge is 2.08. The molecule has 2 heterocycles. The second-order valence-corrected chi connectivity index (χ2v) is 7.07. The van der Waals surface area contributed by atoms with Crippen molar-refractivity contribution < 1.29 is 9.90 Å². The monoisotopic (exact) mass is 456 g/mol. The fourth-order valence-electron chi connectivity index (χ4n) is 2.04. The molecule has 2 atom stereocenters. The van der Waals surface area contributed by atoms with Crippen LogP contribution in [0.2, 0.25) is 0 Å². The van der Waals surface area contributed by atoms with E-state index in [4.69, 9.17) is 5.11 Å². The molecule has 0 aliphatic heterocycles. The van der Waals surface area contributed by atoms with Crippen LogP contribution in [-0.4, -0.2) is 28.0 Å². The van der Waals surface area contributed by atoms with E-state index >= 15 is 0 Å². The van der Waals surface area contributed by atoms with Crippen LogP contribution in [0.3, 0.4) is 0 Å². The molecule has 130 valence electrons. The Labute approximate surface area is 160 Å². The van der Waals surface area contributed by atoms with E-state index in [0.29, 0.717) is 0 Å². The largest absolute Gasteiger partial charge is 0.396 e. The van der Waals surface area contributed by atoms with Gasteiger partial charge in [-0.3, -0.25) is 9.97 Å². The van der Waals surface area contributed by atoms with E-state index in [1.807, 2.05) is 38.1 Å². The molecule has 2 aromatic heterocycles. The van der Waals surface area contributed by atoms with Gasteiger partial charge >= 0.3 is 0 Å². The predicted octanol–water partition coefficient (Wildman–Crippen LogP) is 4.87. The Morgan fingerprint density at radius 3 is 1.88 bits per heavy atom. The summed E-state index contributed by atoms with van der Waals surface area (Å²) in [5.41, 5.74) is 1.80. The maximum absolute atomic E-state index is 10.6. The van der Waals surface area contributed by atoms with Gasteiger partial charge in [-0.05, 0) is 69.0 Å². The number of aldehydes is 1. The lowest BCUT2D eigenvalue weighted by Gasteiger charge is -2.09. The first-order chi connectivity index (χ1) is 11.5. The minimum atomic E-state index is -0.0573. The molecule has 0 bridgehead atoms. The second kappa shape index (κ2) is 11.4. The smallest absolute Gasteiger partial charge is 0.129 e. The summed E-state index contributed by atoms with van der Waals surface area (Å²) in [6, 6.07) is 7.65. The average molecular weight is 458 g/mol. The van der Waals surface area contributed by atoms with Gasteiger partial charge in [0.25, 0.3) is 0 Å². The lowest BCUT2D eigenvalue weighted by Crippen LogP contribution is -2.04. The van der Waals surface area contributed by atoms with Gasteiger partial charge in [-0.25, -0.2) is 0 Å². The van der Waals surface area contributed by atoms with Crippen LogP contribution >= 0.6 is 31.9 Å². The third-order valence-electron chi connectivity index (χ3n) is 3.62. The SMILES string of the molecule is CCC(C=O)c1ccc(Br)cn1.CCC(CO)c1ccc(Br)cn1. The highest BCUT2D eigenvalue weighted by molar-refractivity contribution is 9.10. The summed E-state index contributed by atoms with van der Waals surface area (Å²) in [4.78, 5) is 18.9. The van der Waals surface area contributed by atoms with Crippen LogP contribution in [0, 0.1) is 0 Å². The van der Waals surface area contributed by atoms with Crippen molar-refractivity contribution in [3.63, 3.8) is 0 Å². The van der Waals surface area contributed by atoms with Gasteiger partial charge in [-0.2, -0.15) is 0 Å². The molecule has 2 aromatic rings. The van der Waals surface area contributed by atoms with Crippen LogP contribution < -0.4 is 0 Å². The molecular weight excluding hydrogens is 436 g/mol. The Kier molecular flexibility index (Phi) is 9.98. The molecular formula is C18H22Br2N2O2. The van der Waals surface area contributed by atoms with E-state index in [0.717, 1.165) is 39.5 Å². The Hall–Kier alpha value is -1.11. The number of hydrogen-bond acceptors (Lipinski definition) is 4. The lowest BCUT2D eigenvalue weighted by molar-refractivity contribution is -0.109. The van der Waals surface area contributed by atoms with E-state index in [1.165, 1.54) is 0 Å². The summed E-state index contributed by atoms with van der Waals surface area (Å²) in [6.45, 7) is 4.19. The number of rotatable bonds is 6. The van der Waals surface area contributed by atoms with Crippen LogP contribution in [-0.2, 0) is 4.79 Å². The van der Waals surface area contributed by atoms with Crippen molar-refractivity contribution in [1.29, 1.82) is 0 Å². The molecule has 1 N–H and O–H groups in total. The minimum absolute atomic E-state index is 0.0573. The molecule has 24 heavy (non-hydrogen) atoms. The summed E-state index contributed by atoms with van der Waals surface area (Å²) in [7, 11) is 0. The van der Waals surface area contributed by atoms with Gasteiger partial charge in [-0.1, -0.05) is 13.8 Å². The van der Waals surface area contributed by atoms with Crippen molar-refractivity contribution in [2.45, 2.75) is 38.5 Å². The van der Waals surface area contributed by atoms with Gasteiger partial charge in [0, 0.05) is 33.0 Å². The average Bonchev–Trinajstić information content (AvgIpc) is 2.61. The van der Waals surface area contributed by atoms with Crippen molar-refractivity contribution in [2.75, 3.05) is 6.61 Å². The maximum Gasteiger partial charge on any atom is 0.129 e. The van der Waals surface area contributed by atoms with Crippen molar-refractivity contribution >= 4 is 38.1 Å². The third-order valence-corrected chi connectivity index (χ3v) is 4.55. The van der Waals surface area contributed by atoms with Gasteiger partial charge in [0.05, 0.1) is 18.2 Å². The molecule has 0 saturated carbocycles. The van der Waals surface area contributed by atoms with Crippen LogP contribution in [0.15, 0.2) is 45.6 Å². The van der Waals surface area contributed by atoms with E-state index in [9.17, 15) is 4.79 Å². The van der Waals surface area contributed by atoms with Crippen LogP contribution in [0.5, 0.6) is 0 Å². The third kappa shape index (κ3) is 6.79. The first-order valence-corrected chi connectivity index (χ1v) is 9.43. The zero-order chi connectivity index (χ0) is 17.9. The number of carbonyl (C=O) groups excluding carboxylic acids is 1. The highest BCUT2D eigenvalue weighted by Crippen LogP contribution is 2.18. The number of carbonyl (C=O) groups is 1. The summed E-state index contributed by atoms with van der Waals surface area (Å²) in [5, 5.41) is 9.00. The molecule has 2 rings (SSSR count). The van der Waals surface area contributed by atoms with Crippen LogP contribution in [0.25, 0.3) is 0 Å². The van der Waals surface area contributed by atoms with Gasteiger partial charge in [0.2, 0.25) is 0 Å². The number of pyridine rings is 2. The quantitative estimate of drug-likeness (QED) is 0.628. The zero-order valence-electron chi connectivity index (χ0n) is 13.8. The Bertz CT molecular complexity index is 599. The fourth-order valence-corrected chi connectivity index (χ4v) is 2.51. The minimum Gasteiger partial charge on any atom is -0.396 e. The maximum atomic E-state index is 10.6. The normalized spacial score (nSPS) is 12.7. The van der Waals surface area contributed by atoms with Gasteiger partial charge in [-0.15, -0.1) is 0 Å². The first-order valence-electron chi connectivity index (χ1n) is 7.84. The molecule has 0 radical (unpaired) electrons. The van der Waals surface area contributed by atoms with Crippen molar-refractivity contribution in [3.05, 3.63) is 57.0 Å². The molecule has 0 amide bonds. The predicted molar refractivity (Wildman–Crippen MR) is 103 cm³/mol. The summed E-state index contributed by atoms with van der Waals surface area (Å²) in [5.74, 6) is 0.121. The number of aliphatic hydroxyl groups is 1. The number of nitrogens with zero attached hydrogens (tertiary/aromatic N) is 2. The molecule has 4 nitrogen and oxygen atoms in total. The van der Waals surface area contributed by atoms with E-state index in [1.54, 1.807) is 12.4 Å². The molecule has 0 fully saturated rings. The van der Waals surface area contributed by atoms with Crippen molar-refractivity contribution in [1.82, 2.24) is 9.97 Å². The number of aromatic nitrogens is 2. The molecule has 0 aliphatic carbocycles. The molecule has 0 aromatic carbocycles. The fraction of sp³-hybridized carbons (Fsp3) is 0.389. The van der Waals surface area contributed by atoms with Crippen molar-refractivity contribution in [3.8, 4) is 0 Å². The topological polar surface area (TPSA) is 63.1 Å². The molecule has 0 spiro atoms. The lowest BCUT2D eigenvalue weighted by atomic mass is 10.0.